The third kappa shape index (κ3) is 4.50. The van der Waals surface area contributed by atoms with Crippen molar-refractivity contribution >= 4 is 34.2 Å². The molecule has 0 aliphatic rings. The summed E-state index contributed by atoms with van der Waals surface area (Å²) in [4.78, 5) is 0. The summed E-state index contributed by atoms with van der Waals surface area (Å²) in [6, 6.07) is 9.96. The minimum absolute atomic E-state index is 0.722. The zero-order chi connectivity index (χ0) is 14.5. The lowest BCUT2D eigenvalue weighted by molar-refractivity contribution is 0.474. The third-order valence-electron chi connectivity index (χ3n) is 3.06. The van der Waals surface area contributed by atoms with Gasteiger partial charge in [-0.1, -0.05) is 25.4 Å². The first-order valence-electron chi connectivity index (χ1n) is 6.81. The molecule has 2 nitrogen and oxygen atoms in total. The number of hydrogen-bond acceptors (Lipinski definition) is 2. The summed E-state index contributed by atoms with van der Waals surface area (Å²) in [6.45, 7) is 6.23. The van der Waals surface area contributed by atoms with Crippen molar-refractivity contribution in [3.8, 4) is 11.3 Å². The van der Waals surface area contributed by atoms with E-state index < -0.39 is 0 Å². The van der Waals surface area contributed by atoms with E-state index in [0.717, 1.165) is 44.7 Å². The van der Waals surface area contributed by atoms with Crippen molar-refractivity contribution in [2.24, 2.45) is 5.92 Å². The molecule has 0 fully saturated rings. The third-order valence-corrected chi connectivity index (χ3v) is 4.04. The van der Waals surface area contributed by atoms with Crippen molar-refractivity contribution in [2.75, 3.05) is 6.54 Å². The van der Waals surface area contributed by atoms with E-state index in [1.54, 1.807) is 0 Å². The zero-order valence-corrected chi connectivity index (χ0v) is 14.7. The van der Waals surface area contributed by atoms with Gasteiger partial charge in [-0.3, -0.25) is 0 Å². The minimum atomic E-state index is 0.722. The molecule has 0 radical (unpaired) electrons. The molecule has 0 unspecified atom stereocenters. The topological polar surface area (TPSA) is 25.2 Å². The fraction of sp³-hybridized carbons (Fsp3) is 0.375. The molecule has 1 heterocycles. The van der Waals surface area contributed by atoms with Crippen LogP contribution in [-0.2, 0) is 6.54 Å². The second-order valence-corrected chi connectivity index (χ2v) is 6.90. The normalized spacial score (nSPS) is 11.2. The lowest BCUT2D eigenvalue weighted by Gasteiger charge is -2.05. The van der Waals surface area contributed by atoms with Gasteiger partial charge >= 0.3 is 0 Å². The van der Waals surface area contributed by atoms with Gasteiger partial charge in [-0.2, -0.15) is 0 Å². The fourth-order valence-corrected chi connectivity index (χ4v) is 2.86. The van der Waals surface area contributed by atoms with Crippen molar-refractivity contribution < 1.29 is 4.42 Å². The van der Waals surface area contributed by atoms with Gasteiger partial charge in [-0.05, 0) is 71.8 Å². The van der Waals surface area contributed by atoms with E-state index in [4.69, 9.17) is 16.0 Å². The molecule has 0 saturated carbocycles. The van der Waals surface area contributed by atoms with Gasteiger partial charge < -0.3 is 9.73 Å². The van der Waals surface area contributed by atoms with E-state index >= 15 is 0 Å². The van der Waals surface area contributed by atoms with Crippen LogP contribution in [0.2, 0.25) is 5.02 Å². The van der Waals surface area contributed by atoms with E-state index in [1.165, 1.54) is 6.42 Å². The second kappa shape index (κ2) is 7.48. The highest BCUT2D eigenvalue weighted by molar-refractivity contribution is 14.1. The van der Waals surface area contributed by atoms with E-state index in [9.17, 15) is 0 Å². The first kappa shape index (κ1) is 15.9. The Hall–Kier alpha value is -0.520. The highest BCUT2D eigenvalue weighted by Crippen LogP contribution is 2.30. The van der Waals surface area contributed by atoms with Gasteiger partial charge in [0, 0.05) is 9.13 Å². The van der Waals surface area contributed by atoms with E-state index in [-0.39, 0.29) is 0 Å². The fourth-order valence-electron chi connectivity index (χ4n) is 1.91. The largest absolute Gasteiger partial charge is 0.460 e. The summed E-state index contributed by atoms with van der Waals surface area (Å²) in [6.07, 6.45) is 1.18. The first-order valence-corrected chi connectivity index (χ1v) is 8.27. The van der Waals surface area contributed by atoms with Gasteiger partial charge in [0.2, 0.25) is 0 Å². The molecule has 0 aliphatic carbocycles. The van der Waals surface area contributed by atoms with Crippen molar-refractivity contribution in [2.45, 2.75) is 26.8 Å². The lowest BCUT2D eigenvalue weighted by atomic mass is 10.1. The van der Waals surface area contributed by atoms with Crippen LogP contribution in [0.5, 0.6) is 0 Å². The van der Waals surface area contributed by atoms with Crippen molar-refractivity contribution in [3.63, 3.8) is 0 Å². The maximum atomic E-state index is 6.25. The molecule has 4 heteroatoms. The summed E-state index contributed by atoms with van der Waals surface area (Å²) in [7, 11) is 0. The monoisotopic (exact) mass is 403 g/mol. The Balaban J connectivity index is 1.98. The molecule has 0 aliphatic heterocycles. The Morgan fingerprint density at radius 2 is 2.05 bits per heavy atom. The van der Waals surface area contributed by atoms with Crippen LogP contribution in [0.4, 0.5) is 0 Å². The molecule has 1 N–H and O–H groups in total. The maximum Gasteiger partial charge on any atom is 0.135 e. The standard InChI is InChI=1S/C16H19ClINO/c1-11(2)7-8-19-10-13-4-6-16(20-13)14-5-3-12(18)9-15(14)17/h3-6,9,11,19H,7-8,10H2,1-2H3. The van der Waals surface area contributed by atoms with Crippen LogP contribution in [0.3, 0.4) is 0 Å². The minimum Gasteiger partial charge on any atom is -0.460 e. The Kier molecular flexibility index (Phi) is 5.93. The highest BCUT2D eigenvalue weighted by atomic mass is 127. The summed E-state index contributed by atoms with van der Waals surface area (Å²) in [5, 5.41) is 4.12. The zero-order valence-electron chi connectivity index (χ0n) is 11.7. The van der Waals surface area contributed by atoms with Crippen molar-refractivity contribution in [3.05, 3.63) is 44.7 Å². The quantitative estimate of drug-likeness (QED) is 0.520. The second-order valence-electron chi connectivity index (χ2n) is 5.25. The van der Waals surface area contributed by atoms with Crippen molar-refractivity contribution in [1.82, 2.24) is 5.32 Å². The van der Waals surface area contributed by atoms with Gasteiger partial charge in [0.15, 0.2) is 0 Å². The van der Waals surface area contributed by atoms with Gasteiger partial charge in [0.1, 0.15) is 11.5 Å². The van der Waals surface area contributed by atoms with Gasteiger partial charge in [0.05, 0.1) is 11.6 Å². The maximum absolute atomic E-state index is 6.25. The first-order chi connectivity index (χ1) is 9.56. The predicted molar refractivity (Wildman–Crippen MR) is 93.0 cm³/mol. The lowest BCUT2D eigenvalue weighted by Crippen LogP contribution is -2.15. The van der Waals surface area contributed by atoms with Crippen LogP contribution in [0.15, 0.2) is 34.7 Å². The highest BCUT2D eigenvalue weighted by Gasteiger charge is 2.09. The smallest absolute Gasteiger partial charge is 0.135 e. The van der Waals surface area contributed by atoms with Crippen LogP contribution in [-0.4, -0.2) is 6.54 Å². The van der Waals surface area contributed by atoms with Crippen LogP contribution in [0, 0.1) is 9.49 Å². The summed E-state index contributed by atoms with van der Waals surface area (Å²) >= 11 is 8.50. The van der Waals surface area contributed by atoms with Crippen LogP contribution in [0.1, 0.15) is 26.0 Å². The molecule has 2 aromatic rings. The molecular formula is C16H19ClINO. The average Bonchev–Trinajstić information content (AvgIpc) is 2.83. The molecule has 2 rings (SSSR count). The summed E-state index contributed by atoms with van der Waals surface area (Å²) < 4.78 is 6.97. The molecule has 0 atom stereocenters. The van der Waals surface area contributed by atoms with Gasteiger partial charge in [-0.25, -0.2) is 0 Å². The van der Waals surface area contributed by atoms with Crippen molar-refractivity contribution in [1.29, 1.82) is 0 Å². The molecule has 0 amide bonds. The Labute approximate surface area is 139 Å². The number of nitrogens with one attached hydrogen (secondary N) is 1. The Morgan fingerprint density at radius 1 is 1.25 bits per heavy atom. The molecule has 1 aromatic heterocycles. The SMILES string of the molecule is CC(C)CCNCc1ccc(-c2ccc(I)cc2Cl)o1. The number of furan rings is 1. The number of benzene rings is 1. The van der Waals surface area contributed by atoms with E-state index in [2.05, 4.69) is 41.8 Å². The molecule has 20 heavy (non-hydrogen) atoms. The molecule has 0 saturated heterocycles. The van der Waals surface area contributed by atoms with Gasteiger partial charge in [0.25, 0.3) is 0 Å². The molecule has 0 bridgehead atoms. The van der Waals surface area contributed by atoms with Crippen LogP contribution < -0.4 is 5.32 Å². The summed E-state index contributed by atoms with van der Waals surface area (Å²) in [5.41, 5.74) is 0.945. The summed E-state index contributed by atoms with van der Waals surface area (Å²) in [5.74, 6) is 2.49. The van der Waals surface area contributed by atoms with E-state index in [0.29, 0.717) is 0 Å². The molecule has 1 aromatic carbocycles. The average molecular weight is 404 g/mol. The van der Waals surface area contributed by atoms with Crippen LogP contribution in [0.25, 0.3) is 11.3 Å². The Morgan fingerprint density at radius 3 is 2.75 bits per heavy atom. The molecular weight excluding hydrogens is 385 g/mol. The Bertz CT molecular complexity index is 565. The number of hydrogen-bond donors (Lipinski definition) is 1. The molecule has 0 spiro atoms. The van der Waals surface area contributed by atoms with Crippen LogP contribution >= 0.6 is 34.2 Å². The van der Waals surface area contributed by atoms with E-state index in [1.807, 2.05) is 30.3 Å². The number of rotatable bonds is 6. The predicted octanol–water partition coefficient (Wildman–Crippen LogP) is 5.34. The molecule has 108 valence electrons. The number of halogens is 2. The van der Waals surface area contributed by atoms with Gasteiger partial charge in [-0.15, -0.1) is 0 Å².